The molecule has 1 aliphatic heterocycles. The van der Waals surface area contributed by atoms with Gasteiger partial charge in [0.2, 0.25) is 5.95 Å². The van der Waals surface area contributed by atoms with Crippen LogP contribution in [-0.2, 0) is 6.54 Å². The number of aromatic nitrogens is 3. The van der Waals surface area contributed by atoms with Crippen LogP contribution in [0.2, 0.25) is 0 Å². The molecule has 0 aliphatic carbocycles. The number of hydrogen-bond acceptors (Lipinski definition) is 5. The summed E-state index contributed by atoms with van der Waals surface area (Å²) in [7, 11) is 0. The Hall–Kier alpha value is -2.17. The predicted octanol–water partition coefficient (Wildman–Crippen LogP) is 3.56. The lowest BCUT2D eigenvalue weighted by molar-refractivity contribution is 0.441. The van der Waals surface area contributed by atoms with Crippen LogP contribution in [0.5, 0.6) is 0 Å². The lowest BCUT2D eigenvalue weighted by Crippen LogP contribution is -2.40. The second-order valence-electron chi connectivity index (χ2n) is 6.23. The van der Waals surface area contributed by atoms with Crippen molar-refractivity contribution in [3.05, 3.63) is 41.6 Å². The van der Waals surface area contributed by atoms with Gasteiger partial charge in [0, 0.05) is 19.1 Å². The van der Waals surface area contributed by atoms with Crippen LogP contribution in [0.15, 0.2) is 30.5 Å². The third kappa shape index (κ3) is 3.97. The monoisotopic (exact) mass is 311 g/mol. The maximum atomic E-state index is 4.67. The van der Waals surface area contributed by atoms with E-state index >= 15 is 0 Å². The van der Waals surface area contributed by atoms with E-state index in [2.05, 4.69) is 63.5 Å². The molecule has 23 heavy (non-hydrogen) atoms. The van der Waals surface area contributed by atoms with Gasteiger partial charge < -0.3 is 10.2 Å². The number of piperidine rings is 1. The number of aryl methyl sites for hydroxylation is 1. The molecule has 2 aromatic rings. The minimum Gasteiger partial charge on any atom is -0.365 e. The lowest BCUT2D eigenvalue weighted by Gasteiger charge is -2.34. The van der Waals surface area contributed by atoms with E-state index in [0.717, 1.165) is 31.3 Å². The fourth-order valence-electron chi connectivity index (χ4n) is 3.09. The summed E-state index contributed by atoms with van der Waals surface area (Å²) in [6.45, 7) is 6.10. The van der Waals surface area contributed by atoms with Crippen molar-refractivity contribution in [2.24, 2.45) is 0 Å². The molecule has 2 heterocycles. The molecule has 1 aromatic heterocycles. The molecule has 1 aliphatic rings. The molecule has 1 atom stereocenters. The molecule has 0 spiro atoms. The van der Waals surface area contributed by atoms with Gasteiger partial charge in [0.25, 0.3) is 0 Å². The molecule has 0 radical (unpaired) electrons. The molecule has 0 amide bonds. The summed E-state index contributed by atoms with van der Waals surface area (Å²) in [5.74, 6) is 1.54. The van der Waals surface area contributed by atoms with Gasteiger partial charge in [0.15, 0.2) is 5.82 Å². The summed E-state index contributed by atoms with van der Waals surface area (Å²) in [5.41, 5.74) is 2.51. The van der Waals surface area contributed by atoms with E-state index < -0.39 is 0 Å². The van der Waals surface area contributed by atoms with Crippen molar-refractivity contribution >= 4 is 11.8 Å². The Labute approximate surface area is 138 Å². The third-order valence-electron chi connectivity index (χ3n) is 4.50. The van der Waals surface area contributed by atoms with Crippen molar-refractivity contribution in [3.8, 4) is 0 Å². The first-order chi connectivity index (χ1) is 11.3. The molecule has 3 rings (SSSR count). The molecule has 1 unspecified atom stereocenters. The highest BCUT2D eigenvalue weighted by Gasteiger charge is 2.23. The van der Waals surface area contributed by atoms with Crippen LogP contribution >= 0.6 is 0 Å². The van der Waals surface area contributed by atoms with Crippen LogP contribution in [0.3, 0.4) is 0 Å². The molecule has 1 N–H and O–H groups in total. The summed E-state index contributed by atoms with van der Waals surface area (Å²) in [6, 6.07) is 9.06. The van der Waals surface area contributed by atoms with E-state index in [1.807, 2.05) is 0 Å². The first kappa shape index (κ1) is 15.7. The standard InChI is InChI=1S/C18H25N5/c1-3-16-6-4-5-11-23(16)18-21-17(13-20-22-18)19-12-15-9-7-14(2)8-10-15/h7-10,13,16H,3-6,11-12H2,1-2H3,(H,19,21,22). The highest BCUT2D eigenvalue weighted by molar-refractivity contribution is 5.40. The van der Waals surface area contributed by atoms with E-state index in [9.17, 15) is 0 Å². The highest BCUT2D eigenvalue weighted by atomic mass is 15.3. The van der Waals surface area contributed by atoms with Gasteiger partial charge in [-0.2, -0.15) is 10.1 Å². The van der Waals surface area contributed by atoms with E-state index in [4.69, 9.17) is 0 Å². The molecule has 1 aromatic carbocycles. The average Bonchev–Trinajstić information content (AvgIpc) is 2.61. The van der Waals surface area contributed by atoms with Crippen molar-refractivity contribution in [3.63, 3.8) is 0 Å². The zero-order valence-corrected chi connectivity index (χ0v) is 14.0. The topological polar surface area (TPSA) is 53.9 Å². The van der Waals surface area contributed by atoms with Gasteiger partial charge in [-0.25, -0.2) is 0 Å². The predicted molar refractivity (Wildman–Crippen MR) is 93.6 cm³/mol. The number of rotatable bonds is 5. The molecule has 0 saturated carbocycles. The number of hydrogen-bond donors (Lipinski definition) is 1. The van der Waals surface area contributed by atoms with Crippen LogP contribution in [0.4, 0.5) is 11.8 Å². The van der Waals surface area contributed by atoms with Crippen LogP contribution in [0, 0.1) is 6.92 Å². The highest BCUT2D eigenvalue weighted by Crippen LogP contribution is 2.23. The van der Waals surface area contributed by atoms with Crippen molar-refractivity contribution in [1.29, 1.82) is 0 Å². The zero-order valence-electron chi connectivity index (χ0n) is 14.0. The minimum absolute atomic E-state index is 0.540. The molecular formula is C18H25N5. The second kappa shape index (κ2) is 7.40. The molecular weight excluding hydrogens is 286 g/mol. The quantitative estimate of drug-likeness (QED) is 0.915. The Morgan fingerprint density at radius 3 is 2.83 bits per heavy atom. The third-order valence-corrected chi connectivity index (χ3v) is 4.50. The fraction of sp³-hybridized carbons (Fsp3) is 0.500. The van der Waals surface area contributed by atoms with Crippen LogP contribution in [0.25, 0.3) is 0 Å². The zero-order chi connectivity index (χ0) is 16.1. The number of anilines is 2. The van der Waals surface area contributed by atoms with Crippen LogP contribution in [-0.4, -0.2) is 27.8 Å². The largest absolute Gasteiger partial charge is 0.365 e. The lowest BCUT2D eigenvalue weighted by atomic mass is 10.0. The number of benzene rings is 1. The van der Waals surface area contributed by atoms with Crippen LogP contribution < -0.4 is 10.2 Å². The van der Waals surface area contributed by atoms with E-state index in [1.165, 1.54) is 30.4 Å². The Kier molecular flexibility index (Phi) is 5.05. The Morgan fingerprint density at radius 2 is 2.04 bits per heavy atom. The first-order valence-electron chi connectivity index (χ1n) is 8.52. The normalized spacial score (nSPS) is 18.0. The van der Waals surface area contributed by atoms with Gasteiger partial charge in [-0.05, 0) is 38.2 Å². The number of nitrogens with one attached hydrogen (secondary N) is 1. The van der Waals surface area contributed by atoms with Gasteiger partial charge >= 0.3 is 0 Å². The number of nitrogens with zero attached hydrogens (tertiary/aromatic N) is 4. The van der Waals surface area contributed by atoms with Gasteiger partial charge in [0.1, 0.15) is 0 Å². The summed E-state index contributed by atoms with van der Waals surface area (Å²) in [6.07, 6.45) is 6.56. The maximum Gasteiger partial charge on any atom is 0.247 e. The molecule has 122 valence electrons. The first-order valence-corrected chi connectivity index (χ1v) is 8.52. The summed E-state index contributed by atoms with van der Waals surface area (Å²) in [4.78, 5) is 6.98. The maximum absolute atomic E-state index is 4.67. The van der Waals surface area contributed by atoms with Crippen molar-refractivity contribution in [2.75, 3.05) is 16.8 Å². The Bertz CT molecular complexity index is 626. The van der Waals surface area contributed by atoms with Gasteiger partial charge in [0.05, 0.1) is 6.20 Å². The summed E-state index contributed by atoms with van der Waals surface area (Å²) >= 11 is 0. The molecule has 1 saturated heterocycles. The van der Waals surface area contributed by atoms with E-state index in [0.29, 0.717) is 6.04 Å². The van der Waals surface area contributed by atoms with Crippen molar-refractivity contribution < 1.29 is 0 Å². The van der Waals surface area contributed by atoms with Crippen LogP contribution in [0.1, 0.15) is 43.7 Å². The second-order valence-corrected chi connectivity index (χ2v) is 6.23. The molecule has 5 nitrogen and oxygen atoms in total. The summed E-state index contributed by atoms with van der Waals surface area (Å²) < 4.78 is 0. The molecule has 1 fully saturated rings. The van der Waals surface area contributed by atoms with Gasteiger partial charge in [-0.3, -0.25) is 0 Å². The SMILES string of the molecule is CCC1CCCCN1c1nncc(NCc2ccc(C)cc2)n1. The molecule has 0 bridgehead atoms. The smallest absolute Gasteiger partial charge is 0.247 e. The van der Waals surface area contributed by atoms with Crippen molar-refractivity contribution in [2.45, 2.75) is 52.1 Å². The van der Waals surface area contributed by atoms with E-state index in [-0.39, 0.29) is 0 Å². The Balaban J connectivity index is 1.68. The fourth-order valence-corrected chi connectivity index (χ4v) is 3.09. The van der Waals surface area contributed by atoms with Gasteiger partial charge in [-0.15, -0.1) is 5.10 Å². The molecule has 5 heteroatoms. The average molecular weight is 311 g/mol. The summed E-state index contributed by atoms with van der Waals surface area (Å²) in [5, 5.41) is 11.7. The van der Waals surface area contributed by atoms with Gasteiger partial charge in [-0.1, -0.05) is 36.8 Å². The van der Waals surface area contributed by atoms with E-state index in [1.54, 1.807) is 6.20 Å². The van der Waals surface area contributed by atoms with Crippen molar-refractivity contribution in [1.82, 2.24) is 15.2 Å². The minimum atomic E-state index is 0.540. The Morgan fingerprint density at radius 1 is 1.22 bits per heavy atom.